The quantitative estimate of drug-likeness (QED) is 0.443. The van der Waals surface area contributed by atoms with E-state index in [0.717, 1.165) is 13.1 Å². The van der Waals surface area contributed by atoms with Gasteiger partial charge >= 0.3 is 0 Å². The minimum atomic E-state index is -0.699. The molecule has 176 valence electrons. The van der Waals surface area contributed by atoms with Crippen molar-refractivity contribution in [1.82, 2.24) is 29.0 Å². The third kappa shape index (κ3) is 3.63. The smallest absolute Gasteiger partial charge is 0.277 e. The van der Waals surface area contributed by atoms with Crippen LogP contribution in [0.15, 0.2) is 27.8 Å². The Bertz CT molecular complexity index is 1460. The van der Waals surface area contributed by atoms with Crippen LogP contribution in [-0.2, 0) is 11.3 Å². The SMILES string of the molecule is CC(CO)c1nc(-c2ncn3c2c(=O)n(CCN2CCOCC2)c2c(C#N)c(F)ccc23)no1. The van der Waals surface area contributed by atoms with Crippen LogP contribution in [0.3, 0.4) is 0 Å². The molecule has 11 nitrogen and oxygen atoms in total. The van der Waals surface area contributed by atoms with Gasteiger partial charge in [0.25, 0.3) is 5.56 Å². The lowest BCUT2D eigenvalue weighted by Crippen LogP contribution is -2.39. The Morgan fingerprint density at radius 1 is 1.26 bits per heavy atom. The van der Waals surface area contributed by atoms with Crippen LogP contribution in [0, 0.1) is 17.1 Å². The fourth-order valence-electron chi connectivity index (χ4n) is 4.15. The maximum atomic E-state index is 14.6. The number of aromatic nitrogens is 5. The number of halogens is 1. The van der Waals surface area contributed by atoms with Gasteiger partial charge in [-0.1, -0.05) is 12.1 Å². The number of hydrogen-bond donors (Lipinski definition) is 1. The van der Waals surface area contributed by atoms with E-state index in [-0.39, 0.29) is 53.1 Å². The molecule has 0 saturated carbocycles. The zero-order valence-corrected chi connectivity index (χ0v) is 18.4. The van der Waals surface area contributed by atoms with E-state index in [1.165, 1.54) is 27.4 Å². The van der Waals surface area contributed by atoms with Gasteiger partial charge in [-0.15, -0.1) is 0 Å². The molecule has 1 aliphatic rings. The van der Waals surface area contributed by atoms with E-state index in [1.54, 1.807) is 6.92 Å². The Hall–Kier alpha value is -3.66. The van der Waals surface area contributed by atoms with Gasteiger partial charge in [-0.05, 0) is 12.1 Å². The summed E-state index contributed by atoms with van der Waals surface area (Å²) >= 11 is 0. The largest absolute Gasteiger partial charge is 0.396 e. The Kier molecular flexibility index (Phi) is 5.82. The van der Waals surface area contributed by atoms with Gasteiger partial charge in [0.15, 0.2) is 0 Å². The van der Waals surface area contributed by atoms with E-state index in [9.17, 15) is 19.6 Å². The zero-order valence-electron chi connectivity index (χ0n) is 18.4. The molecule has 0 amide bonds. The molecule has 3 aromatic heterocycles. The molecule has 4 aromatic rings. The average Bonchev–Trinajstić information content (AvgIpc) is 3.52. The summed E-state index contributed by atoms with van der Waals surface area (Å²) in [5, 5.41) is 23.0. The number of aliphatic hydroxyl groups is 1. The van der Waals surface area contributed by atoms with E-state index >= 15 is 0 Å². The summed E-state index contributed by atoms with van der Waals surface area (Å²) in [5.74, 6) is -0.741. The first kappa shape index (κ1) is 22.1. The minimum absolute atomic E-state index is 0.108. The van der Waals surface area contributed by atoms with Gasteiger partial charge in [0.1, 0.15) is 35.0 Å². The Morgan fingerprint density at radius 3 is 2.79 bits per heavy atom. The summed E-state index contributed by atoms with van der Waals surface area (Å²) in [6.07, 6.45) is 1.42. The fourth-order valence-corrected chi connectivity index (χ4v) is 4.15. The number of nitriles is 1. The summed E-state index contributed by atoms with van der Waals surface area (Å²) in [7, 11) is 0. The average molecular weight is 467 g/mol. The minimum Gasteiger partial charge on any atom is -0.396 e. The van der Waals surface area contributed by atoms with E-state index < -0.39 is 11.4 Å². The summed E-state index contributed by atoms with van der Waals surface area (Å²) in [6.45, 7) is 4.98. The molecule has 1 atom stereocenters. The Labute approximate surface area is 192 Å². The molecule has 1 fully saturated rings. The molecule has 12 heteroatoms. The summed E-state index contributed by atoms with van der Waals surface area (Å²) in [6, 6.07) is 4.62. The molecular weight excluding hydrogens is 445 g/mol. The van der Waals surface area contributed by atoms with Crippen LogP contribution >= 0.6 is 0 Å². The van der Waals surface area contributed by atoms with Crippen LogP contribution in [-0.4, -0.2) is 73.6 Å². The van der Waals surface area contributed by atoms with Crippen molar-refractivity contribution in [3.05, 3.63) is 46.1 Å². The van der Waals surface area contributed by atoms with Gasteiger partial charge in [0.05, 0.1) is 36.8 Å². The van der Waals surface area contributed by atoms with Crippen molar-refractivity contribution in [3.8, 4) is 17.6 Å². The molecule has 1 aromatic carbocycles. The third-order valence-electron chi connectivity index (χ3n) is 6.05. The standard InChI is InChI=1S/C22H22FN7O4/c1-13(11-31)21-26-20(27-34-21)17-19-22(32)29(5-4-28-6-8-33-9-7-28)18-14(10-24)15(23)2-3-16(18)30(19)12-25-17/h2-3,12-13,31H,4-9,11H2,1H3. The second-order valence-corrected chi connectivity index (χ2v) is 8.16. The maximum Gasteiger partial charge on any atom is 0.277 e. The number of hydrogen-bond acceptors (Lipinski definition) is 9. The van der Waals surface area contributed by atoms with Crippen molar-refractivity contribution in [1.29, 1.82) is 5.26 Å². The van der Waals surface area contributed by atoms with Crippen molar-refractivity contribution in [2.24, 2.45) is 0 Å². The van der Waals surface area contributed by atoms with E-state index in [0.29, 0.717) is 25.3 Å². The first-order valence-electron chi connectivity index (χ1n) is 10.9. The number of fused-ring (bicyclic) bond motifs is 3. The van der Waals surface area contributed by atoms with E-state index in [2.05, 4.69) is 20.0 Å². The van der Waals surface area contributed by atoms with Crippen molar-refractivity contribution < 1.29 is 18.8 Å². The van der Waals surface area contributed by atoms with Crippen LogP contribution in [0.5, 0.6) is 0 Å². The van der Waals surface area contributed by atoms with Crippen LogP contribution in [0.2, 0.25) is 0 Å². The Balaban J connectivity index is 1.71. The lowest BCUT2D eigenvalue weighted by Gasteiger charge is -2.27. The first-order chi connectivity index (χ1) is 16.5. The highest BCUT2D eigenvalue weighted by Gasteiger charge is 2.24. The first-order valence-corrected chi connectivity index (χ1v) is 10.9. The number of aliphatic hydroxyl groups excluding tert-OH is 1. The monoisotopic (exact) mass is 467 g/mol. The molecular formula is C22H22FN7O4. The normalized spacial score (nSPS) is 15.7. The molecule has 5 rings (SSSR count). The molecule has 0 aliphatic carbocycles. The molecule has 1 N–H and O–H groups in total. The van der Waals surface area contributed by atoms with Gasteiger partial charge in [-0.2, -0.15) is 10.2 Å². The van der Waals surface area contributed by atoms with Gasteiger partial charge in [0, 0.05) is 26.2 Å². The molecule has 1 aliphatic heterocycles. The Morgan fingerprint density at radius 2 is 2.06 bits per heavy atom. The topological polar surface area (TPSA) is 135 Å². The molecule has 0 spiro atoms. The van der Waals surface area contributed by atoms with Gasteiger partial charge in [0.2, 0.25) is 11.7 Å². The zero-order chi connectivity index (χ0) is 23.8. The second kappa shape index (κ2) is 8.94. The number of morpholine rings is 1. The van der Waals surface area contributed by atoms with Crippen LogP contribution in [0.25, 0.3) is 28.1 Å². The molecule has 1 saturated heterocycles. The number of benzene rings is 1. The highest BCUT2D eigenvalue weighted by atomic mass is 19.1. The van der Waals surface area contributed by atoms with Crippen LogP contribution in [0.4, 0.5) is 4.39 Å². The van der Waals surface area contributed by atoms with Crippen molar-refractivity contribution in [2.75, 3.05) is 39.5 Å². The lowest BCUT2D eigenvalue weighted by atomic mass is 10.1. The van der Waals surface area contributed by atoms with Gasteiger partial charge in [-0.3, -0.25) is 14.1 Å². The van der Waals surface area contributed by atoms with Crippen molar-refractivity contribution in [3.63, 3.8) is 0 Å². The van der Waals surface area contributed by atoms with Crippen molar-refractivity contribution in [2.45, 2.75) is 19.4 Å². The number of ether oxygens (including phenoxy) is 1. The van der Waals surface area contributed by atoms with Gasteiger partial charge in [-0.25, -0.2) is 9.37 Å². The van der Waals surface area contributed by atoms with Crippen LogP contribution in [0.1, 0.15) is 24.3 Å². The number of nitrogens with zero attached hydrogens (tertiary/aromatic N) is 7. The fraction of sp³-hybridized carbons (Fsp3) is 0.409. The van der Waals surface area contributed by atoms with E-state index in [1.807, 2.05) is 6.07 Å². The molecule has 0 radical (unpaired) electrons. The van der Waals surface area contributed by atoms with Crippen LogP contribution < -0.4 is 5.56 Å². The summed E-state index contributed by atoms with van der Waals surface area (Å²) in [4.78, 5) is 24.5. The molecule has 34 heavy (non-hydrogen) atoms. The lowest BCUT2D eigenvalue weighted by molar-refractivity contribution is 0.0364. The number of imidazole rings is 1. The van der Waals surface area contributed by atoms with Gasteiger partial charge < -0.3 is 18.9 Å². The van der Waals surface area contributed by atoms with E-state index in [4.69, 9.17) is 9.26 Å². The molecule has 0 bridgehead atoms. The summed E-state index contributed by atoms with van der Waals surface area (Å²) < 4.78 is 28.1. The highest BCUT2D eigenvalue weighted by molar-refractivity contribution is 5.87. The second-order valence-electron chi connectivity index (χ2n) is 8.16. The van der Waals surface area contributed by atoms with Crippen molar-refractivity contribution >= 4 is 16.6 Å². The number of rotatable bonds is 6. The predicted octanol–water partition coefficient (Wildman–Crippen LogP) is 1.14. The summed E-state index contributed by atoms with van der Waals surface area (Å²) in [5.41, 5.74) is 0.411. The molecule has 4 heterocycles. The molecule has 1 unspecified atom stereocenters. The third-order valence-corrected chi connectivity index (χ3v) is 6.05. The predicted molar refractivity (Wildman–Crippen MR) is 118 cm³/mol. The maximum absolute atomic E-state index is 14.6. The highest BCUT2D eigenvalue weighted by Crippen LogP contribution is 2.26.